The van der Waals surface area contributed by atoms with Crippen molar-refractivity contribution in [2.45, 2.75) is 57.5 Å². The zero-order valence-electron chi connectivity index (χ0n) is 13.8. The number of unbranched alkanes of at least 4 members (excludes halogenated alkanes) is 3. The van der Waals surface area contributed by atoms with Crippen LogP contribution in [-0.2, 0) is 15.6 Å². The number of rotatable bonds is 11. The number of nitrogens with zero attached hydrogens (tertiary/aromatic N) is 2. The van der Waals surface area contributed by atoms with Crippen molar-refractivity contribution >= 4 is 31.0 Å². The minimum Gasteiger partial charge on any atom is -0.403 e. The van der Waals surface area contributed by atoms with Gasteiger partial charge in [-0.1, -0.05) is 44.7 Å². The van der Waals surface area contributed by atoms with Gasteiger partial charge in [-0.3, -0.25) is 4.68 Å². The lowest BCUT2D eigenvalue weighted by Crippen LogP contribution is -2.03. The van der Waals surface area contributed by atoms with Crippen molar-refractivity contribution in [1.82, 2.24) is 9.78 Å². The van der Waals surface area contributed by atoms with E-state index in [2.05, 4.69) is 18.9 Å². The summed E-state index contributed by atoms with van der Waals surface area (Å²) in [7, 11) is -1.81. The maximum Gasteiger partial charge on any atom is 0.377 e. The lowest BCUT2D eigenvalue weighted by Gasteiger charge is -2.09. The highest BCUT2D eigenvalue weighted by Gasteiger charge is 2.24. The molecule has 0 N–H and O–H groups in total. The smallest absolute Gasteiger partial charge is 0.377 e. The van der Waals surface area contributed by atoms with Crippen molar-refractivity contribution in [1.29, 1.82) is 0 Å². The zero-order chi connectivity index (χ0) is 16.6. The Kier molecular flexibility index (Phi) is 8.91. The minimum absolute atomic E-state index is 0.198. The molecule has 0 amide bonds. The molecule has 1 rings (SSSR count). The number of hydrogen-bond donors (Lipinski definition) is 0. The molecule has 0 fully saturated rings. The normalized spacial score (nSPS) is 14.0. The lowest BCUT2D eigenvalue weighted by atomic mass is 10.2. The van der Waals surface area contributed by atoms with Crippen LogP contribution in [0.25, 0.3) is 0 Å². The van der Waals surface area contributed by atoms with Crippen LogP contribution in [0.15, 0.2) is 5.03 Å². The highest BCUT2D eigenvalue weighted by molar-refractivity contribution is 7.99. The SMILES string of the molecule is CCCCCCn1nc(OP(C)(=O)OC)c(Cl)c1SCCC. The van der Waals surface area contributed by atoms with Gasteiger partial charge in [0.05, 0.1) is 0 Å². The molecule has 8 heteroatoms. The van der Waals surface area contributed by atoms with Crippen LogP contribution >= 0.6 is 31.0 Å². The standard InChI is InChI=1S/C14H26ClN2O3PS/c1-5-7-8-9-10-17-14(22-11-6-2)12(15)13(16-17)20-21(4,18)19-3/h5-11H2,1-4H3. The Morgan fingerprint density at radius 3 is 2.59 bits per heavy atom. The van der Waals surface area contributed by atoms with E-state index in [0.29, 0.717) is 5.02 Å². The van der Waals surface area contributed by atoms with E-state index < -0.39 is 7.60 Å². The molecule has 0 radical (unpaired) electrons. The topological polar surface area (TPSA) is 53.4 Å². The van der Waals surface area contributed by atoms with Gasteiger partial charge in [-0.2, -0.15) is 0 Å². The summed E-state index contributed by atoms with van der Waals surface area (Å²) in [6.07, 6.45) is 5.65. The third kappa shape index (κ3) is 6.15. The Morgan fingerprint density at radius 1 is 1.27 bits per heavy atom. The van der Waals surface area contributed by atoms with Crippen molar-refractivity contribution < 1.29 is 13.6 Å². The fourth-order valence-electron chi connectivity index (χ4n) is 1.83. The molecular formula is C14H26ClN2O3PS. The van der Waals surface area contributed by atoms with Crippen LogP contribution in [0.1, 0.15) is 46.0 Å². The summed E-state index contributed by atoms with van der Waals surface area (Å²) in [6, 6.07) is 0. The fourth-order valence-corrected chi connectivity index (χ4v) is 3.63. The van der Waals surface area contributed by atoms with Gasteiger partial charge in [0.2, 0.25) is 0 Å². The first kappa shape index (κ1) is 19.9. The van der Waals surface area contributed by atoms with Crippen molar-refractivity contribution in [3.63, 3.8) is 0 Å². The molecule has 1 aromatic heterocycles. The Labute approximate surface area is 142 Å². The number of aryl methyl sites for hydroxylation is 1. The van der Waals surface area contributed by atoms with E-state index in [1.165, 1.54) is 26.6 Å². The highest BCUT2D eigenvalue weighted by Crippen LogP contribution is 2.47. The number of aromatic nitrogens is 2. The maximum absolute atomic E-state index is 12.0. The van der Waals surface area contributed by atoms with Gasteiger partial charge in [-0.05, 0) is 18.6 Å². The first-order valence-electron chi connectivity index (χ1n) is 7.67. The molecule has 1 aromatic rings. The van der Waals surface area contributed by atoms with Crippen LogP contribution in [0.4, 0.5) is 0 Å². The molecule has 0 aliphatic rings. The van der Waals surface area contributed by atoms with Gasteiger partial charge < -0.3 is 9.05 Å². The van der Waals surface area contributed by atoms with E-state index in [1.807, 2.05) is 4.68 Å². The van der Waals surface area contributed by atoms with Gasteiger partial charge in [0.25, 0.3) is 5.88 Å². The quantitative estimate of drug-likeness (QED) is 0.294. The summed E-state index contributed by atoms with van der Waals surface area (Å²) in [6.45, 7) is 6.49. The Bertz CT molecular complexity index is 511. The Hall–Kier alpha value is -0.160. The van der Waals surface area contributed by atoms with E-state index >= 15 is 0 Å². The summed E-state index contributed by atoms with van der Waals surface area (Å²) >= 11 is 8.01. The fraction of sp³-hybridized carbons (Fsp3) is 0.786. The third-order valence-corrected chi connectivity index (χ3v) is 5.99. The summed E-state index contributed by atoms with van der Waals surface area (Å²) in [4.78, 5) is 0. The number of halogens is 1. The molecule has 128 valence electrons. The molecule has 1 unspecified atom stereocenters. The molecule has 0 spiro atoms. The number of thioether (sulfide) groups is 1. The second-order valence-electron chi connectivity index (χ2n) is 5.10. The van der Waals surface area contributed by atoms with Crippen molar-refractivity contribution in [2.75, 3.05) is 19.5 Å². The molecule has 1 heterocycles. The van der Waals surface area contributed by atoms with Crippen LogP contribution in [0.5, 0.6) is 5.88 Å². The maximum atomic E-state index is 12.0. The first-order valence-corrected chi connectivity index (χ1v) is 11.0. The number of hydrogen-bond acceptors (Lipinski definition) is 5. The van der Waals surface area contributed by atoms with Crippen molar-refractivity contribution in [3.05, 3.63) is 5.02 Å². The van der Waals surface area contributed by atoms with E-state index in [-0.39, 0.29) is 5.88 Å². The second-order valence-corrected chi connectivity index (χ2v) is 8.65. The molecular weight excluding hydrogens is 343 g/mol. The van der Waals surface area contributed by atoms with E-state index in [1.54, 1.807) is 11.8 Å². The molecule has 1 atom stereocenters. The summed E-state index contributed by atoms with van der Waals surface area (Å²) in [5.74, 6) is 1.15. The van der Waals surface area contributed by atoms with E-state index in [9.17, 15) is 4.57 Å². The summed E-state index contributed by atoms with van der Waals surface area (Å²) in [5, 5.41) is 5.69. The van der Waals surface area contributed by atoms with E-state index in [0.717, 1.165) is 36.6 Å². The van der Waals surface area contributed by atoms with E-state index in [4.69, 9.17) is 20.6 Å². The summed E-state index contributed by atoms with van der Waals surface area (Å²) < 4.78 is 24.1. The predicted molar refractivity (Wildman–Crippen MR) is 93.6 cm³/mol. The van der Waals surface area contributed by atoms with Crippen molar-refractivity contribution in [3.8, 4) is 5.88 Å². The van der Waals surface area contributed by atoms with Crippen LogP contribution < -0.4 is 4.52 Å². The third-order valence-electron chi connectivity index (χ3n) is 3.07. The average molecular weight is 369 g/mol. The Morgan fingerprint density at radius 2 is 2.00 bits per heavy atom. The predicted octanol–water partition coefficient (Wildman–Crippen LogP) is 5.47. The van der Waals surface area contributed by atoms with Gasteiger partial charge in [-0.15, -0.1) is 16.9 Å². The molecule has 5 nitrogen and oxygen atoms in total. The highest BCUT2D eigenvalue weighted by atomic mass is 35.5. The molecule has 22 heavy (non-hydrogen) atoms. The van der Waals surface area contributed by atoms with Crippen LogP contribution in [-0.4, -0.2) is 29.3 Å². The molecule has 0 aromatic carbocycles. The lowest BCUT2D eigenvalue weighted by molar-refractivity contribution is 0.323. The molecule has 0 saturated heterocycles. The summed E-state index contributed by atoms with van der Waals surface area (Å²) in [5.41, 5.74) is 0. The van der Waals surface area contributed by atoms with Crippen LogP contribution in [0.2, 0.25) is 5.02 Å². The molecule has 0 bridgehead atoms. The molecule has 0 aliphatic heterocycles. The monoisotopic (exact) mass is 368 g/mol. The first-order chi connectivity index (χ1) is 10.4. The van der Waals surface area contributed by atoms with Gasteiger partial charge >= 0.3 is 7.60 Å². The van der Waals surface area contributed by atoms with Crippen LogP contribution in [0.3, 0.4) is 0 Å². The Balaban J connectivity index is 2.89. The van der Waals surface area contributed by atoms with Gasteiger partial charge in [0.15, 0.2) is 0 Å². The van der Waals surface area contributed by atoms with Gasteiger partial charge in [0.1, 0.15) is 10.0 Å². The molecule has 0 aliphatic carbocycles. The average Bonchev–Trinajstić information content (AvgIpc) is 2.77. The van der Waals surface area contributed by atoms with Gasteiger partial charge in [0, 0.05) is 20.3 Å². The van der Waals surface area contributed by atoms with Gasteiger partial charge in [-0.25, -0.2) is 4.57 Å². The largest absolute Gasteiger partial charge is 0.403 e. The van der Waals surface area contributed by atoms with Crippen molar-refractivity contribution in [2.24, 2.45) is 0 Å². The van der Waals surface area contributed by atoms with Crippen LogP contribution in [0, 0.1) is 0 Å². The second kappa shape index (κ2) is 9.86. The minimum atomic E-state index is -3.16. The zero-order valence-corrected chi connectivity index (χ0v) is 16.3. The molecule has 0 saturated carbocycles.